The van der Waals surface area contributed by atoms with Gasteiger partial charge in [-0.3, -0.25) is 14.5 Å². The van der Waals surface area contributed by atoms with E-state index >= 15 is 0 Å². The number of hydrogen-bond donors (Lipinski definition) is 2. The van der Waals surface area contributed by atoms with E-state index in [-0.39, 0.29) is 12.8 Å². The highest BCUT2D eigenvalue weighted by Crippen LogP contribution is 2.31. The number of piperazine rings is 1. The first-order chi connectivity index (χ1) is 18.0. The van der Waals surface area contributed by atoms with Crippen molar-refractivity contribution in [3.05, 3.63) is 64.7 Å². The molecule has 2 N–H and O–H groups in total. The SMILES string of the molecule is CCCCCc1cc(CCN2CCN(c3cccc(C(F)(F)F)c3)CC2)ccc1C.O=C(O)CCC(=O)O. The molecule has 1 saturated heterocycles. The van der Waals surface area contributed by atoms with Crippen molar-refractivity contribution in [2.24, 2.45) is 0 Å². The summed E-state index contributed by atoms with van der Waals surface area (Å²) >= 11 is 0. The van der Waals surface area contributed by atoms with Crippen molar-refractivity contribution < 1.29 is 33.0 Å². The monoisotopic (exact) mass is 536 g/mol. The minimum Gasteiger partial charge on any atom is -0.481 e. The minimum atomic E-state index is -4.29. The summed E-state index contributed by atoms with van der Waals surface area (Å²) in [5.74, 6) is -2.15. The molecule has 210 valence electrons. The Hall–Kier alpha value is -3.07. The zero-order valence-electron chi connectivity index (χ0n) is 22.3. The molecule has 0 unspecified atom stereocenters. The van der Waals surface area contributed by atoms with Crippen LogP contribution in [-0.4, -0.2) is 59.8 Å². The number of nitrogens with zero attached hydrogens (tertiary/aromatic N) is 2. The van der Waals surface area contributed by atoms with Gasteiger partial charge in [-0.15, -0.1) is 0 Å². The van der Waals surface area contributed by atoms with Crippen LogP contribution < -0.4 is 4.90 Å². The van der Waals surface area contributed by atoms with Crippen molar-refractivity contribution in [1.29, 1.82) is 0 Å². The normalized spacial score (nSPS) is 14.1. The highest BCUT2D eigenvalue weighted by Gasteiger charge is 2.31. The lowest BCUT2D eigenvalue weighted by Gasteiger charge is -2.36. The van der Waals surface area contributed by atoms with Crippen molar-refractivity contribution >= 4 is 17.6 Å². The van der Waals surface area contributed by atoms with Gasteiger partial charge in [0.15, 0.2) is 0 Å². The van der Waals surface area contributed by atoms with Crippen LogP contribution in [0.5, 0.6) is 0 Å². The summed E-state index contributed by atoms with van der Waals surface area (Å²) < 4.78 is 38.9. The second-order valence-electron chi connectivity index (χ2n) is 9.63. The van der Waals surface area contributed by atoms with E-state index in [1.165, 1.54) is 48.1 Å². The van der Waals surface area contributed by atoms with Gasteiger partial charge in [0, 0.05) is 38.4 Å². The van der Waals surface area contributed by atoms with Gasteiger partial charge in [-0.1, -0.05) is 44.0 Å². The molecule has 0 bridgehead atoms. The number of unbranched alkanes of at least 4 members (excludes halogenated alkanes) is 2. The molecule has 0 atom stereocenters. The molecule has 1 aliphatic heterocycles. The summed E-state index contributed by atoms with van der Waals surface area (Å²) in [6.45, 7) is 8.70. The standard InChI is InChI=1S/C25H33F3N2.C4H6O4/c1-3-4-5-7-22-18-21(11-10-20(22)2)12-13-29-14-16-30(17-15-29)24-9-6-8-23(19-24)25(26,27)28;5-3(6)1-2-4(7)8/h6,8-11,18-19H,3-5,7,12-17H2,1-2H3;1-2H2,(H,5,6)(H,7,8). The molecule has 2 aromatic carbocycles. The second kappa shape index (κ2) is 15.4. The largest absolute Gasteiger partial charge is 0.481 e. The third-order valence-electron chi connectivity index (χ3n) is 6.64. The smallest absolute Gasteiger partial charge is 0.416 e. The number of aliphatic carboxylic acids is 2. The number of anilines is 1. The van der Waals surface area contributed by atoms with E-state index < -0.39 is 23.7 Å². The van der Waals surface area contributed by atoms with Gasteiger partial charge in [0.2, 0.25) is 0 Å². The van der Waals surface area contributed by atoms with Gasteiger partial charge in [-0.2, -0.15) is 13.2 Å². The number of carboxylic acid groups (broad SMARTS) is 2. The summed E-state index contributed by atoms with van der Waals surface area (Å²) in [6, 6.07) is 12.5. The zero-order valence-corrected chi connectivity index (χ0v) is 22.3. The Kier molecular flexibility index (Phi) is 12.6. The third kappa shape index (κ3) is 11.1. The number of hydrogen-bond acceptors (Lipinski definition) is 4. The quantitative estimate of drug-likeness (QED) is 0.341. The number of aryl methyl sites for hydroxylation is 2. The first-order valence-corrected chi connectivity index (χ1v) is 13.2. The molecule has 0 aliphatic carbocycles. The maximum atomic E-state index is 13.0. The lowest BCUT2D eigenvalue weighted by molar-refractivity contribution is -0.143. The predicted molar refractivity (Wildman–Crippen MR) is 143 cm³/mol. The van der Waals surface area contributed by atoms with Crippen LogP contribution in [0.3, 0.4) is 0 Å². The highest BCUT2D eigenvalue weighted by molar-refractivity contribution is 5.75. The Labute approximate surface area is 223 Å². The van der Waals surface area contributed by atoms with Crippen molar-refractivity contribution in [3.8, 4) is 0 Å². The lowest BCUT2D eigenvalue weighted by atomic mass is 9.98. The fourth-order valence-corrected chi connectivity index (χ4v) is 4.32. The number of halogens is 3. The number of carboxylic acids is 2. The van der Waals surface area contributed by atoms with Crippen LogP contribution in [0, 0.1) is 6.92 Å². The number of rotatable bonds is 11. The minimum absolute atomic E-state index is 0.296. The molecule has 0 spiro atoms. The molecule has 0 amide bonds. The number of alkyl halides is 3. The van der Waals surface area contributed by atoms with Crippen LogP contribution >= 0.6 is 0 Å². The summed E-state index contributed by atoms with van der Waals surface area (Å²) in [5.41, 5.74) is 4.32. The maximum absolute atomic E-state index is 13.0. The molecule has 0 saturated carbocycles. The van der Waals surface area contributed by atoms with Crippen LogP contribution in [0.15, 0.2) is 42.5 Å². The lowest BCUT2D eigenvalue weighted by Crippen LogP contribution is -2.47. The van der Waals surface area contributed by atoms with Crippen LogP contribution in [0.4, 0.5) is 18.9 Å². The summed E-state index contributed by atoms with van der Waals surface area (Å²) in [6.07, 6.45) is 1.06. The Balaban J connectivity index is 0.000000550. The summed E-state index contributed by atoms with van der Waals surface area (Å²) in [7, 11) is 0. The van der Waals surface area contributed by atoms with E-state index in [0.29, 0.717) is 5.69 Å². The molecule has 0 aromatic heterocycles. The topological polar surface area (TPSA) is 81.1 Å². The van der Waals surface area contributed by atoms with Crippen molar-refractivity contribution in [3.63, 3.8) is 0 Å². The van der Waals surface area contributed by atoms with Gasteiger partial charge in [-0.05, 0) is 61.1 Å². The Morgan fingerprint density at radius 3 is 2.13 bits per heavy atom. The molecule has 3 rings (SSSR count). The number of carbonyl (C=O) groups is 2. The van der Waals surface area contributed by atoms with Gasteiger partial charge >= 0.3 is 18.1 Å². The van der Waals surface area contributed by atoms with Crippen LogP contribution in [0.25, 0.3) is 0 Å². The number of benzene rings is 2. The molecule has 0 radical (unpaired) electrons. The Morgan fingerprint density at radius 2 is 1.55 bits per heavy atom. The molecule has 1 fully saturated rings. The first-order valence-electron chi connectivity index (χ1n) is 13.2. The molecule has 1 aliphatic rings. The maximum Gasteiger partial charge on any atom is 0.416 e. The van der Waals surface area contributed by atoms with Gasteiger partial charge in [-0.25, -0.2) is 0 Å². The van der Waals surface area contributed by atoms with Crippen LogP contribution in [0.1, 0.15) is 61.3 Å². The van der Waals surface area contributed by atoms with Gasteiger partial charge in [0.05, 0.1) is 18.4 Å². The molecule has 6 nitrogen and oxygen atoms in total. The van der Waals surface area contributed by atoms with E-state index in [0.717, 1.165) is 51.6 Å². The molecular weight excluding hydrogens is 497 g/mol. The fraction of sp³-hybridized carbons (Fsp3) is 0.517. The van der Waals surface area contributed by atoms with E-state index in [4.69, 9.17) is 10.2 Å². The van der Waals surface area contributed by atoms with Crippen LogP contribution in [-0.2, 0) is 28.6 Å². The highest BCUT2D eigenvalue weighted by atomic mass is 19.4. The fourth-order valence-electron chi connectivity index (χ4n) is 4.32. The molecule has 9 heteroatoms. The van der Waals surface area contributed by atoms with E-state index in [2.05, 4.69) is 41.8 Å². The van der Waals surface area contributed by atoms with Crippen LogP contribution in [0.2, 0.25) is 0 Å². The molecule has 38 heavy (non-hydrogen) atoms. The van der Waals surface area contributed by atoms with Crippen molar-refractivity contribution in [2.45, 2.75) is 65.0 Å². The molecule has 1 heterocycles. The summed E-state index contributed by atoms with van der Waals surface area (Å²) in [5, 5.41) is 15.8. The molecule has 2 aromatic rings. The Morgan fingerprint density at radius 1 is 0.895 bits per heavy atom. The van der Waals surface area contributed by atoms with E-state index in [1.807, 2.05) is 0 Å². The third-order valence-corrected chi connectivity index (χ3v) is 6.64. The first kappa shape index (κ1) is 31.1. The van der Waals surface area contributed by atoms with E-state index in [9.17, 15) is 22.8 Å². The average Bonchev–Trinajstić information content (AvgIpc) is 2.88. The second-order valence-corrected chi connectivity index (χ2v) is 9.63. The Bertz CT molecular complexity index is 1020. The summed E-state index contributed by atoms with van der Waals surface area (Å²) in [4.78, 5) is 23.8. The van der Waals surface area contributed by atoms with Crippen molar-refractivity contribution in [1.82, 2.24) is 4.90 Å². The predicted octanol–water partition coefficient (Wildman–Crippen LogP) is 6.05. The average molecular weight is 537 g/mol. The van der Waals surface area contributed by atoms with Gasteiger partial charge < -0.3 is 15.1 Å². The van der Waals surface area contributed by atoms with Gasteiger partial charge in [0.25, 0.3) is 0 Å². The van der Waals surface area contributed by atoms with Gasteiger partial charge in [0.1, 0.15) is 0 Å². The zero-order chi connectivity index (χ0) is 28.1. The van der Waals surface area contributed by atoms with E-state index in [1.54, 1.807) is 6.07 Å². The molecular formula is C29H39F3N2O4. The van der Waals surface area contributed by atoms with Crippen molar-refractivity contribution in [2.75, 3.05) is 37.6 Å².